The van der Waals surface area contributed by atoms with Crippen molar-refractivity contribution in [1.29, 1.82) is 0 Å². The Balaban J connectivity index is 1.81. The molecule has 2 N–H and O–H groups in total. The van der Waals surface area contributed by atoms with E-state index in [1.807, 2.05) is 12.1 Å². The van der Waals surface area contributed by atoms with Crippen molar-refractivity contribution >= 4 is 22.7 Å². The summed E-state index contributed by atoms with van der Waals surface area (Å²) >= 11 is 0. The van der Waals surface area contributed by atoms with Crippen LogP contribution in [-0.2, 0) is 9.53 Å². The Kier molecular flexibility index (Phi) is 3.03. The zero-order chi connectivity index (χ0) is 17.8. The number of esters is 1. The molecular formula is C18H13FN4O3. The van der Waals surface area contributed by atoms with Gasteiger partial charge in [0.2, 0.25) is 0 Å². The highest BCUT2D eigenvalue weighted by molar-refractivity contribution is 6.00. The summed E-state index contributed by atoms with van der Waals surface area (Å²) in [4.78, 5) is 12.4. The number of fused-ring (bicyclic) bond motifs is 3. The van der Waals surface area contributed by atoms with Crippen LogP contribution in [0.25, 0.3) is 11.0 Å². The Bertz CT molecular complexity index is 1110. The number of halogens is 1. The van der Waals surface area contributed by atoms with Crippen molar-refractivity contribution < 1.29 is 18.7 Å². The third kappa shape index (κ3) is 1.95. The van der Waals surface area contributed by atoms with Crippen molar-refractivity contribution in [2.45, 2.75) is 5.92 Å². The van der Waals surface area contributed by atoms with Gasteiger partial charge in [-0.05, 0) is 18.2 Å². The average Bonchev–Trinajstić information content (AvgIpc) is 3.27. The van der Waals surface area contributed by atoms with Crippen LogP contribution in [0, 0.1) is 5.82 Å². The molecule has 1 atom stereocenters. The number of nitrogens with zero attached hydrogens (tertiary/aromatic N) is 2. The summed E-state index contributed by atoms with van der Waals surface area (Å²) < 4.78 is 25.2. The van der Waals surface area contributed by atoms with Gasteiger partial charge in [0, 0.05) is 22.9 Å². The number of cyclic esters (lactones) is 1. The molecular weight excluding hydrogens is 339 g/mol. The van der Waals surface area contributed by atoms with Crippen LogP contribution in [-0.4, -0.2) is 35.1 Å². The summed E-state index contributed by atoms with van der Waals surface area (Å²) in [6.45, 7) is 0.138. The van der Waals surface area contributed by atoms with Crippen LogP contribution in [0.4, 0.5) is 10.1 Å². The third-order valence-corrected chi connectivity index (χ3v) is 4.80. The lowest BCUT2D eigenvalue weighted by Crippen LogP contribution is -2.21. The van der Waals surface area contributed by atoms with Gasteiger partial charge in [0.15, 0.2) is 0 Å². The van der Waals surface area contributed by atoms with Gasteiger partial charge in [0.25, 0.3) is 0 Å². The molecule has 3 aromatic rings. The van der Waals surface area contributed by atoms with Gasteiger partial charge < -0.3 is 14.8 Å². The molecule has 0 unspecified atom stereocenters. The molecule has 0 fully saturated rings. The standard InChI is InChI=1S/C18H13FN4O3/c1-25-8-2-3-9(10(19)6-8)14-15-11(4-5-12-17(15)22-23-21-12)20-13-7-26-18(24)16(13)14/h2-6,14,20H,7H2,1H3,(H,21,22,23)/t14-/m0/s1. The molecule has 7 nitrogen and oxygen atoms in total. The molecule has 2 aliphatic rings. The Morgan fingerprint density at radius 3 is 2.96 bits per heavy atom. The molecule has 5 rings (SSSR count). The SMILES string of the molecule is COc1ccc([C@@H]2C3=C(COC3=O)Nc3ccc4n[nH]nc4c32)c(F)c1. The summed E-state index contributed by atoms with van der Waals surface area (Å²) in [6, 6.07) is 8.27. The second-order valence-corrected chi connectivity index (χ2v) is 6.13. The van der Waals surface area contributed by atoms with Crippen LogP contribution in [0.1, 0.15) is 17.0 Å². The van der Waals surface area contributed by atoms with Gasteiger partial charge in [-0.2, -0.15) is 15.4 Å². The second-order valence-electron chi connectivity index (χ2n) is 6.13. The molecule has 8 heteroatoms. The number of aromatic nitrogens is 3. The number of hydrogen-bond donors (Lipinski definition) is 2. The number of nitrogens with one attached hydrogen (secondary N) is 2. The van der Waals surface area contributed by atoms with Gasteiger partial charge in [-0.15, -0.1) is 0 Å². The number of ether oxygens (including phenoxy) is 2. The van der Waals surface area contributed by atoms with E-state index in [2.05, 4.69) is 20.7 Å². The van der Waals surface area contributed by atoms with Gasteiger partial charge in [0.05, 0.1) is 24.3 Å². The summed E-state index contributed by atoms with van der Waals surface area (Å²) in [5.41, 5.74) is 4.07. The molecule has 1 aromatic heterocycles. The number of hydrogen-bond acceptors (Lipinski definition) is 6. The highest BCUT2D eigenvalue weighted by Gasteiger charge is 2.41. The molecule has 0 spiro atoms. The predicted molar refractivity (Wildman–Crippen MR) is 90.3 cm³/mol. The van der Waals surface area contributed by atoms with Crippen molar-refractivity contribution in [3.8, 4) is 5.75 Å². The van der Waals surface area contributed by atoms with Crippen LogP contribution >= 0.6 is 0 Å². The van der Waals surface area contributed by atoms with E-state index < -0.39 is 17.7 Å². The van der Waals surface area contributed by atoms with Gasteiger partial charge in [-0.25, -0.2) is 9.18 Å². The molecule has 0 saturated carbocycles. The van der Waals surface area contributed by atoms with Gasteiger partial charge >= 0.3 is 5.97 Å². The van der Waals surface area contributed by atoms with E-state index in [9.17, 15) is 9.18 Å². The number of carbonyl (C=O) groups excluding carboxylic acids is 1. The maximum Gasteiger partial charge on any atom is 0.337 e. The van der Waals surface area contributed by atoms with Crippen molar-refractivity contribution in [3.05, 3.63) is 58.5 Å². The molecule has 0 aliphatic carbocycles. The quantitative estimate of drug-likeness (QED) is 0.689. The summed E-state index contributed by atoms with van der Waals surface area (Å²) in [5, 5.41) is 14.1. The maximum absolute atomic E-state index is 14.9. The first-order chi connectivity index (χ1) is 12.7. The summed E-state index contributed by atoms with van der Waals surface area (Å²) in [7, 11) is 1.47. The number of methoxy groups -OCH3 is 1. The topological polar surface area (TPSA) is 89.1 Å². The molecule has 0 bridgehead atoms. The molecule has 0 saturated heterocycles. The van der Waals surface area contributed by atoms with Crippen LogP contribution < -0.4 is 10.1 Å². The lowest BCUT2D eigenvalue weighted by atomic mass is 9.80. The number of benzene rings is 2. The molecule has 0 radical (unpaired) electrons. The number of rotatable bonds is 2. The van der Waals surface area contributed by atoms with Crippen LogP contribution in [0.5, 0.6) is 5.75 Å². The van der Waals surface area contributed by atoms with Crippen LogP contribution in [0.3, 0.4) is 0 Å². The lowest BCUT2D eigenvalue weighted by molar-refractivity contribution is -0.136. The van der Waals surface area contributed by atoms with E-state index >= 15 is 0 Å². The highest BCUT2D eigenvalue weighted by Crippen LogP contribution is 2.47. The number of aromatic amines is 1. The van der Waals surface area contributed by atoms with Crippen LogP contribution in [0.15, 0.2) is 41.6 Å². The minimum absolute atomic E-state index is 0.138. The van der Waals surface area contributed by atoms with Crippen LogP contribution in [0.2, 0.25) is 0 Å². The van der Waals surface area contributed by atoms with E-state index in [1.165, 1.54) is 13.2 Å². The minimum atomic E-state index is -0.643. The molecule has 0 amide bonds. The largest absolute Gasteiger partial charge is 0.497 e. The Labute approximate surface area is 146 Å². The molecule has 130 valence electrons. The molecule has 26 heavy (non-hydrogen) atoms. The Hall–Kier alpha value is -3.42. The first-order valence-electron chi connectivity index (χ1n) is 8.01. The lowest BCUT2D eigenvalue weighted by Gasteiger charge is -2.27. The summed E-state index contributed by atoms with van der Waals surface area (Å²) in [5.74, 6) is -1.16. The smallest absolute Gasteiger partial charge is 0.337 e. The van der Waals surface area contributed by atoms with E-state index in [4.69, 9.17) is 9.47 Å². The molecule has 2 aliphatic heterocycles. The first kappa shape index (κ1) is 14.9. The van der Waals surface area contributed by atoms with E-state index in [-0.39, 0.29) is 6.61 Å². The van der Waals surface area contributed by atoms with Gasteiger partial charge in [-0.3, -0.25) is 0 Å². The maximum atomic E-state index is 14.9. The number of carbonyl (C=O) groups is 1. The average molecular weight is 352 g/mol. The van der Waals surface area contributed by atoms with Gasteiger partial charge in [-0.1, -0.05) is 6.07 Å². The third-order valence-electron chi connectivity index (χ3n) is 4.80. The fourth-order valence-corrected chi connectivity index (χ4v) is 3.63. The molecule has 2 aromatic carbocycles. The van der Waals surface area contributed by atoms with E-state index in [1.54, 1.807) is 12.1 Å². The number of H-pyrrole nitrogens is 1. The first-order valence-corrected chi connectivity index (χ1v) is 8.01. The van der Waals surface area contributed by atoms with Crippen molar-refractivity contribution in [2.24, 2.45) is 0 Å². The Morgan fingerprint density at radius 1 is 1.27 bits per heavy atom. The van der Waals surface area contributed by atoms with Crippen molar-refractivity contribution in [1.82, 2.24) is 15.4 Å². The molecule has 3 heterocycles. The zero-order valence-corrected chi connectivity index (χ0v) is 13.7. The van der Waals surface area contributed by atoms with E-state index in [0.29, 0.717) is 39.2 Å². The second kappa shape index (κ2) is 5.29. The zero-order valence-electron chi connectivity index (χ0n) is 13.7. The Morgan fingerprint density at radius 2 is 2.15 bits per heavy atom. The number of anilines is 1. The van der Waals surface area contributed by atoms with E-state index in [0.717, 1.165) is 5.69 Å². The summed E-state index contributed by atoms with van der Waals surface area (Å²) in [6.07, 6.45) is 0. The fraction of sp³-hybridized carbons (Fsp3) is 0.167. The predicted octanol–water partition coefficient (Wildman–Crippen LogP) is 2.47. The minimum Gasteiger partial charge on any atom is -0.497 e. The monoisotopic (exact) mass is 352 g/mol. The van der Waals surface area contributed by atoms with Crippen molar-refractivity contribution in [2.75, 3.05) is 19.0 Å². The highest BCUT2D eigenvalue weighted by atomic mass is 19.1. The van der Waals surface area contributed by atoms with Crippen molar-refractivity contribution in [3.63, 3.8) is 0 Å². The van der Waals surface area contributed by atoms with Gasteiger partial charge in [0.1, 0.15) is 29.2 Å². The normalized spacial score (nSPS) is 18.4. The fourth-order valence-electron chi connectivity index (χ4n) is 3.63.